The summed E-state index contributed by atoms with van der Waals surface area (Å²) in [7, 11) is 0. The van der Waals surface area contributed by atoms with Crippen LogP contribution in [0.25, 0.3) is 11.3 Å². The van der Waals surface area contributed by atoms with Crippen molar-refractivity contribution < 1.29 is 5.11 Å². The van der Waals surface area contributed by atoms with Gasteiger partial charge in [0, 0.05) is 29.3 Å². The summed E-state index contributed by atoms with van der Waals surface area (Å²) in [6, 6.07) is 19.8. The number of aliphatic hydroxyl groups is 1. The van der Waals surface area contributed by atoms with E-state index >= 15 is 0 Å². The molecule has 3 rings (SSSR count). The Hall–Kier alpha value is -2.44. The minimum Gasteiger partial charge on any atom is -0.396 e. The molecule has 3 N–H and O–H groups in total. The van der Waals surface area contributed by atoms with Crippen LogP contribution in [-0.2, 0) is 0 Å². The van der Waals surface area contributed by atoms with Crippen molar-refractivity contribution >= 4 is 33.4 Å². The molecule has 3 aromatic rings. The molecule has 0 bridgehead atoms. The SMILES string of the molecule is OCCCNc1nc(Nc2ccccc2Br)cc(-c2ccccc2)n1. The quantitative estimate of drug-likeness (QED) is 0.513. The van der Waals surface area contributed by atoms with E-state index in [0.717, 1.165) is 21.4 Å². The van der Waals surface area contributed by atoms with Gasteiger partial charge in [0.05, 0.1) is 11.4 Å². The minimum absolute atomic E-state index is 0.132. The van der Waals surface area contributed by atoms with Crippen LogP contribution >= 0.6 is 15.9 Å². The highest BCUT2D eigenvalue weighted by Gasteiger charge is 2.08. The minimum atomic E-state index is 0.132. The van der Waals surface area contributed by atoms with Gasteiger partial charge in [0.1, 0.15) is 5.82 Å². The Labute approximate surface area is 155 Å². The zero-order valence-corrected chi connectivity index (χ0v) is 15.2. The molecule has 25 heavy (non-hydrogen) atoms. The number of anilines is 3. The predicted octanol–water partition coefficient (Wildman–Crippen LogP) is 4.44. The van der Waals surface area contributed by atoms with E-state index in [2.05, 4.69) is 36.5 Å². The fourth-order valence-electron chi connectivity index (χ4n) is 2.33. The van der Waals surface area contributed by atoms with Gasteiger partial charge in [-0.3, -0.25) is 0 Å². The van der Waals surface area contributed by atoms with Crippen LogP contribution in [0.15, 0.2) is 65.1 Å². The van der Waals surface area contributed by atoms with Crippen molar-refractivity contribution in [3.63, 3.8) is 0 Å². The lowest BCUT2D eigenvalue weighted by atomic mass is 10.1. The van der Waals surface area contributed by atoms with Gasteiger partial charge in [-0.1, -0.05) is 42.5 Å². The van der Waals surface area contributed by atoms with Crippen molar-refractivity contribution in [1.82, 2.24) is 9.97 Å². The summed E-state index contributed by atoms with van der Waals surface area (Å²) in [5, 5.41) is 15.4. The number of nitrogens with one attached hydrogen (secondary N) is 2. The normalized spacial score (nSPS) is 10.5. The number of para-hydroxylation sites is 1. The third-order valence-electron chi connectivity index (χ3n) is 3.55. The number of aliphatic hydroxyl groups excluding tert-OH is 1. The Morgan fingerprint density at radius 2 is 1.72 bits per heavy atom. The Balaban J connectivity index is 1.93. The molecule has 5 nitrogen and oxygen atoms in total. The molecule has 0 amide bonds. The zero-order chi connectivity index (χ0) is 17.5. The van der Waals surface area contributed by atoms with Crippen LogP contribution < -0.4 is 10.6 Å². The summed E-state index contributed by atoms with van der Waals surface area (Å²) >= 11 is 3.54. The van der Waals surface area contributed by atoms with Crippen LogP contribution in [0.3, 0.4) is 0 Å². The average molecular weight is 399 g/mol. The molecular weight excluding hydrogens is 380 g/mol. The molecule has 0 aliphatic carbocycles. The molecule has 0 saturated carbocycles. The van der Waals surface area contributed by atoms with Crippen molar-refractivity contribution in [3.05, 3.63) is 65.1 Å². The largest absolute Gasteiger partial charge is 0.396 e. The third kappa shape index (κ3) is 4.78. The molecule has 1 aromatic heterocycles. The summed E-state index contributed by atoms with van der Waals surface area (Å²) in [4.78, 5) is 9.12. The molecule has 0 fully saturated rings. The van der Waals surface area contributed by atoms with E-state index in [1.807, 2.05) is 60.7 Å². The number of rotatable bonds is 7. The number of nitrogens with zero attached hydrogens (tertiary/aromatic N) is 2. The van der Waals surface area contributed by atoms with Gasteiger partial charge in [0.25, 0.3) is 0 Å². The third-order valence-corrected chi connectivity index (χ3v) is 4.24. The topological polar surface area (TPSA) is 70.1 Å². The van der Waals surface area contributed by atoms with E-state index in [1.165, 1.54) is 0 Å². The summed E-state index contributed by atoms with van der Waals surface area (Å²) in [6.07, 6.45) is 0.645. The van der Waals surface area contributed by atoms with E-state index in [0.29, 0.717) is 24.7 Å². The Morgan fingerprint density at radius 3 is 2.48 bits per heavy atom. The van der Waals surface area contributed by atoms with Gasteiger partial charge in [-0.05, 0) is 34.5 Å². The van der Waals surface area contributed by atoms with Gasteiger partial charge in [-0.2, -0.15) is 4.98 Å². The summed E-state index contributed by atoms with van der Waals surface area (Å²) in [6.45, 7) is 0.747. The van der Waals surface area contributed by atoms with Crippen molar-refractivity contribution in [2.75, 3.05) is 23.8 Å². The van der Waals surface area contributed by atoms with Crippen molar-refractivity contribution in [2.24, 2.45) is 0 Å². The molecule has 2 aromatic carbocycles. The lowest BCUT2D eigenvalue weighted by Crippen LogP contribution is -2.08. The fraction of sp³-hybridized carbons (Fsp3) is 0.158. The van der Waals surface area contributed by atoms with Gasteiger partial charge in [-0.15, -0.1) is 0 Å². The molecule has 1 heterocycles. The van der Waals surface area contributed by atoms with E-state index in [4.69, 9.17) is 5.11 Å². The summed E-state index contributed by atoms with van der Waals surface area (Å²) in [5.41, 5.74) is 2.78. The predicted molar refractivity (Wildman–Crippen MR) is 105 cm³/mol. The highest BCUT2D eigenvalue weighted by atomic mass is 79.9. The first-order valence-electron chi connectivity index (χ1n) is 8.07. The van der Waals surface area contributed by atoms with Gasteiger partial charge >= 0.3 is 0 Å². The summed E-state index contributed by atoms with van der Waals surface area (Å²) < 4.78 is 0.963. The van der Waals surface area contributed by atoms with Crippen LogP contribution in [-0.4, -0.2) is 28.2 Å². The standard InChI is InChI=1S/C19H19BrN4O/c20-15-9-4-5-10-16(15)22-18-13-17(14-7-2-1-3-8-14)23-19(24-18)21-11-6-12-25/h1-5,7-10,13,25H,6,11-12H2,(H2,21,22,23,24). The van der Waals surface area contributed by atoms with Crippen molar-refractivity contribution in [1.29, 1.82) is 0 Å². The first-order valence-corrected chi connectivity index (χ1v) is 8.86. The lowest BCUT2D eigenvalue weighted by Gasteiger charge is -2.12. The second-order valence-corrected chi connectivity index (χ2v) is 6.29. The monoisotopic (exact) mass is 398 g/mol. The molecule has 0 unspecified atom stereocenters. The van der Waals surface area contributed by atoms with Gasteiger partial charge in [0.2, 0.25) is 5.95 Å². The number of benzene rings is 2. The van der Waals surface area contributed by atoms with Crippen LogP contribution in [0.4, 0.5) is 17.5 Å². The van der Waals surface area contributed by atoms with E-state index in [9.17, 15) is 0 Å². The number of halogens is 1. The molecule has 6 heteroatoms. The maximum atomic E-state index is 8.96. The number of aromatic nitrogens is 2. The number of hydrogen-bond donors (Lipinski definition) is 3. The molecule has 0 spiro atoms. The van der Waals surface area contributed by atoms with E-state index in [-0.39, 0.29) is 6.61 Å². The highest BCUT2D eigenvalue weighted by Crippen LogP contribution is 2.27. The van der Waals surface area contributed by atoms with Gasteiger partial charge < -0.3 is 15.7 Å². The Bertz CT molecular complexity index is 827. The van der Waals surface area contributed by atoms with Gasteiger partial charge in [0.15, 0.2) is 0 Å². The van der Waals surface area contributed by atoms with Gasteiger partial charge in [-0.25, -0.2) is 4.98 Å². The van der Waals surface area contributed by atoms with Crippen LogP contribution in [0.2, 0.25) is 0 Å². The first-order chi connectivity index (χ1) is 12.3. The molecule has 0 radical (unpaired) electrons. The lowest BCUT2D eigenvalue weighted by molar-refractivity contribution is 0.292. The number of hydrogen-bond acceptors (Lipinski definition) is 5. The zero-order valence-electron chi connectivity index (χ0n) is 13.6. The van der Waals surface area contributed by atoms with Crippen LogP contribution in [0, 0.1) is 0 Å². The second-order valence-electron chi connectivity index (χ2n) is 5.44. The first kappa shape index (κ1) is 17.4. The van der Waals surface area contributed by atoms with Crippen LogP contribution in [0.5, 0.6) is 0 Å². The van der Waals surface area contributed by atoms with Crippen molar-refractivity contribution in [3.8, 4) is 11.3 Å². The maximum absolute atomic E-state index is 8.96. The molecule has 0 saturated heterocycles. The average Bonchev–Trinajstić information content (AvgIpc) is 2.64. The van der Waals surface area contributed by atoms with E-state index < -0.39 is 0 Å². The molecule has 0 atom stereocenters. The van der Waals surface area contributed by atoms with E-state index in [1.54, 1.807) is 0 Å². The Kier molecular flexibility index (Phi) is 5.98. The summed E-state index contributed by atoms with van der Waals surface area (Å²) in [5.74, 6) is 1.23. The van der Waals surface area contributed by atoms with Crippen molar-refractivity contribution in [2.45, 2.75) is 6.42 Å². The highest BCUT2D eigenvalue weighted by molar-refractivity contribution is 9.10. The maximum Gasteiger partial charge on any atom is 0.225 e. The molecule has 0 aliphatic rings. The molecule has 0 aliphatic heterocycles. The molecular formula is C19H19BrN4O. The van der Waals surface area contributed by atoms with Crippen LogP contribution in [0.1, 0.15) is 6.42 Å². The Morgan fingerprint density at radius 1 is 0.960 bits per heavy atom. The second kappa shape index (κ2) is 8.60. The fourth-order valence-corrected chi connectivity index (χ4v) is 2.71. The molecule has 128 valence electrons. The smallest absolute Gasteiger partial charge is 0.225 e.